The van der Waals surface area contributed by atoms with Crippen molar-refractivity contribution >= 4 is 0 Å². The molecule has 3 heteroatoms. The van der Waals surface area contributed by atoms with Gasteiger partial charge in [0.05, 0.1) is 6.07 Å². The molecule has 1 atom stereocenters. The summed E-state index contributed by atoms with van der Waals surface area (Å²) in [6, 6.07) is 3.25. The van der Waals surface area contributed by atoms with Crippen LogP contribution in [0.2, 0.25) is 0 Å². The van der Waals surface area contributed by atoms with Crippen molar-refractivity contribution in [2.45, 2.75) is 84.2 Å². The summed E-state index contributed by atoms with van der Waals surface area (Å²) >= 11 is 0. The maximum absolute atomic E-state index is 9.29. The Morgan fingerprint density at radius 2 is 1.95 bits per heavy atom. The van der Waals surface area contributed by atoms with Gasteiger partial charge in [-0.25, -0.2) is 0 Å². The first kappa shape index (κ1) is 18.5. The number of nitriles is 1. The van der Waals surface area contributed by atoms with Crippen LogP contribution in [0.5, 0.6) is 0 Å². The molecule has 0 saturated heterocycles. The number of hydrogen-bond acceptors (Lipinski definition) is 3. The molecular weight excluding hydrogens is 258 g/mol. The molecule has 122 valence electrons. The molecule has 1 aliphatic rings. The zero-order valence-electron chi connectivity index (χ0n) is 14.6. The maximum atomic E-state index is 9.29. The maximum Gasteiger partial charge on any atom is 0.103 e. The first-order valence-corrected chi connectivity index (χ1v) is 8.91. The number of hydrogen-bond donors (Lipinski definition) is 1. The largest absolute Gasteiger partial charge is 0.300 e. The SMILES string of the molecule is CCNC(C)(C#N)CCCCN(CC(C)C)C1CCCC1. The molecule has 0 amide bonds. The Kier molecular flexibility index (Phi) is 8.29. The van der Waals surface area contributed by atoms with Crippen LogP contribution in [0.1, 0.15) is 72.6 Å². The van der Waals surface area contributed by atoms with E-state index in [1.807, 2.05) is 6.92 Å². The summed E-state index contributed by atoms with van der Waals surface area (Å²) < 4.78 is 0. The summed E-state index contributed by atoms with van der Waals surface area (Å²) in [6.45, 7) is 12.0. The fourth-order valence-electron chi connectivity index (χ4n) is 3.53. The average molecular weight is 293 g/mol. The van der Waals surface area contributed by atoms with E-state index in [1.54, 1.807) is 0 Å². The normalized spacial score (nSPS) is 19.1. The number of unbranched alkanes of at least 4 members (excludes halogenated alkanes) is 1. The zero-order valence-corrected chi connectivity index (χ0v) is 14.6. The van der Waals surface area contributed by atoms with Gasteiger partial charge >= 0.3 is 0 Å². The van der Waals surface area contributed by atoms with Gasteiger partial charge < -0.3 is 4.90 Å². The van der Waals surface area contributed by atoms with Crippen LogP contribution in [0, 0.1) is 17.2 Å². The smallest absolute Gasteiger partial charge is 0.103 e. The molecule has 1 rings (SSSR count). The lowest BCUT2D eigenvalue weighted by Gasteiger charge is -2.31. The van der Waals surface area contributed by atoms with Gasteiger partial charge in [0.25, 0.3) is 0 Å². The Balaban J connectivity index is 2.34. The highest BCUT2D eigenvalue weighted by atomic mass is 15.2. The molecule has 0 aromatic carbocycles. The monoisotopic (exact) mass is 293 g/mol. The van der Waals surface area contributed by atoms with Gasteiger partial charge in [-0.1, -0.05) is 33.6 Å². The molecule has 1 aliphatic carbocycles. The summed E-state index contributed by atoms with van der Waals surface area (Å²) in [4.78, 5) is 2.72. The fourth-order valence-corrected chi connectivity index (χ4v) is 3.53. The van der Waals surface area contributed by atoms with Crippen LogP contribution in [0.25, 0.3) is 0 Å². The van der Waals surface area contributed by atoms with Crippen LogP contribution in [0.15, 0.2) is 0 Å². The molecular formula is C18H35N3. The number of rotatable bonds is 10. The molecule has 21 heavy (non-hydrogen) atoms. The third-order valence-corrected chi connectivity index (χ3v) is 4.63. The second kappa shape index (κ2) is 9.43. The molecule has 1 fully saturated rings. The Hall–Kier alpha value is -0.590. The molecule has 0 bridgehead atoms. The lowest BCUT2D eigenvalue weighted by Crippen LogP contribution is -2.41. The standard InChI is InChI=1S/C18H35N3/c1-5-20-18(4,15-19)12-8-9-13-21(14-16(2)3)17-10-6-7-11-17/h16-17,20H,5-14H2,1-4H3. The molecule has 0 heterocycles. The van der Waals surface area contributed by atoms with Crippen molar-refractivity contribution in [2.75, 3.05) is 19.6 Å². The first-order chi connectivity index (χ1) is 10.0. The van der Waals surface area contributed by atoms with Crippen molar-refractivity contribution in [3.63, 3.8) is 0 Å². The van der Waals surface area contributed by atoms with Gasteiger partial charge in [-0.05, 0) is 58.0 Å². The van der Waals surface area contributed by atoms with Crippen LogP contribution in [0.3, 0.4) is 0 Å². The van der Waals surface area contributed by atoms with Crippen molar-refractivity contribution in [3.8, 4) is 6.07 Å². The first-order valence-electron chi connectivity index (χ1n) is 8.91. The Morgan fingerprint density at radius 1 is 1.29 bits per heavy atom. The highest BCUT2D eigenvalue weighted by molar-refractivity contribution is 5.03. The minimum atomic E-state index is -0.342. The van der Waals surface area contributed by atoms with Crippen molar-refractivity contribution < 1.29 is 0 Å². The van der Waals surface area contributed by atoms with Gasteiger partial charge in [0.15, 0.2) is 0 Å². The van der Waals surface area contributed by atoms with Crippen LogP contribution < -0.4 is 5.32 Å². The number of nitrogens with one attached hydrogen (secondary N) is 1. The van der Waals surface area contributed by atoms with E-state index >= 15 is 0 Å². The Labute approximate surface area is 132 Å². The third kappa shape index (κ3) is 6.80. The van der Waals surface area contributed by atoms with E-state index in [2.05, 4.69) is 37.1 Å². The van der Waals surface area contributed by atoms with E-state index in [4.69, 9.17) is 0 Å². The van der Waals surface area contributed by atoms with Gasteiger partial charge in [0.1, 0.15) is 5.54 Å². The Bertz CT molecular complexity index is 315. The van der Waals surface area contributed by atoms with E-state index in [9.17, 15) is 5.26 Å². The van der Waals surface area contributed by atoms with Crippen molar-refractivity contribution in [1.29, 1.82) is 5.26 Å². The molecule has 0 aromatic heterocycles. The summed E-state index contributed by atoms with van der Waals surface area (Å²) in [7, 11) is 0. The van der Waals surface area contributed by atoms with Gasteiger partial charge in [0.2, 0.25) is 0 Å². The molecule has 0 aromatic rings. The fraction of sp³-hybridized carbons (Fsp3) is 0.944. The second-order valence-corrected chi connectivity index (χ2v) is 7.26. The summed E-state index contributed by atoms with van der Waals surface area (Å²) in [5, 5.41) is 12.6. The predicted molar refractivity (Wildman–Crippen MR) is 90.2 cm³/mol. The van der Waals surface area contributed by atoms with E-state index in [-0.39, 0.29) is 5.54 Å². The van der Waals surface area contributed by atoms with E-state index in [0.29, 0.717) is 0 Å². The molecule has 0 radical (unpaired) electrons. The van der Waals surface area contributed by atoms with Crippen molar-refractivity contribution in [2.24, 2.45) is 5.92 Å². The van der Waals surface area contributed by atoms with Crippen LogP contribution in [0.4, 0.5) is 0 Å². The predicted octanol–water partition coefficient (Wildman–Crippen LogP) is 3.95. The summed E-state index contributed by atoms with van der Waals surface area (Å²) in [6.07, 6.45) is 8.90. The number of nitrogens with zero attached hydrogens (tertiary/aromatic N) is 2. The highest BCUT2D eigenvalue weighted by Crippen LogP contribution is 2.25. The van der Waals surface area contributed by atoms with E-state index < -0.39 is 0 Å². The highest BCUT2D eigenvalue weighted by Gasteiger charge is 2.24. The van der Waals surface area contributed by atoms with Crippen LogP contribution in [-0.2, 0) is 0 Å². The van der Waals surface area contributed by atoms with Crippen molar-refractivity contribution in [1.82, 2.24) is 10.2 Å². The van der Waals surface area contributed by atoms with Crippen LogP contribution in [-0.4, -0.2) is 36.1 Å². The van der Waals surface area contributed by atoms with Gasteiger partial charge in [0, 0.05) is 12.6 Å². The molecule has 3 nitrogen and oxygen atoms in total. The minimum Gasteiger partial charge on any atom is -0.300 e. The second-order valence-electron chi connectivity index (χ2n) is 7.26. The lowest BCUT2D eigenvalue weighted by atomic mass is 9.96. The van der Waals surface area contributed by atoms with E-state index in [0.717, 1.165) is 31.3 Å². The minimum absolute atomic E-state index is 0.342. The summed E-state index contributed by atoms with van der Waals surface area (Å²) in [5.74, 6) is 0.747. The van der Waals surface area contributed by atoms with Gasteiger partial charge in [-0.3, -0.25) is 5.32 Å². The Morgan fingerprint density at radius 3 is 2.48 bits per heavy atom. The quantitative estimate of drug-likeness (QED) is 0.620. The topological polar surface area (TPSA) is 39.1 Å². The lowest BCUT2D eigenvalue weighted by molar-refractivity contribution is 0.172. The van der Waals surface area contributed by atoms with Gasteiger partial charge in [-0.15, -0.1) is 0 Å². The third-order valence-electron chi connectivity index (χ3n) is 4.63. The van der Waals surface area contributed by atoms with Crippen molar-refractivity contribution in [3.05, 3.63) is 0 Å². The average Bonchev–Trinajstić information content (AvgIpc) is 2.96. The molecule has 1 unspecified atom stereocenters. The van der Waals surface area contributed by atoms with E-state index in [1.165, 1.54) is 45.2 Å². The summed E-state index contributed by atoms with van der Waals surface area (Å²) in [5.41, 5.74) is -0.342. The molecule has 0 aliphatic heterocycles. The molecule has 0 spiro atoms. The molecule has 1 saturated carbocycles. The molecule has 1 N–H and O–H groups in total. The zero-order chi connectivity index (χ0) is 15.7. The van der Waals surface area contributed by atoms with Gasteiger partial charge in [-0.2, -0.15) is 5.26 Å². The van der Waals surface area contributed by atoms with Crippen LogP contribution >= 0.6 is 0 Å².